The van der Waals surface area contributed by atoms with Gasteiger partial charge in [-0.05, 0) is 60.4 Å². The Labute approximate surface area is 129 Å². The Balaban J connectivity index is 1.94. The van der Waals surface area contributed by atoms with Gasteiger partial charge in [0.15, 0.2) is 0 Å². The van der Waals surface area contributed by atoms with Crippen molar-refractivity contribution in [1.82, 2.24) is 0 Å². The lowest BCUT2D eigenvalue weighted by Crippen LogP contribution is -2.16. The second-order valence-corrected chi connectivity index (χ2v) is 7.90. The summed E-state index contributed by atoms with van der Waals surface area (Å²) in [7, 11) is -3.58. The van der Waals surface area contributed by atoms with Gasteiger partial charge in [-0.25, -0.2) is 8.42 Å². The van der Waals surface area contributed by atoms with Gasteiger partial charge in [0.1, 0.15) is 4.90 Å². The first kappa shape index (κ1) is 14.6. The largest absolute Gasteiger partial charge is 0.326 e. The molecule has 21 heavy (non-hydrogen) atoms. The topological polar surface area (TPSA) is 72.2 Å². The van der Waals surface area contributed by atoms with Crippen LogP contribution in [0.2, 0.25) is 0 Å². The molecule has 4 nitrogen and oxygen atoms in total. The van der Waals surface area contributed by atoms with Crippen LogP contribution in [0, 0.1) is 6.92 Å². The molecule has 1 aliphatic carbocycles. The first-order valence-corrected chi connectivity index (χ1v) is 9.29. The van der Waals surface area contributed by atoms with Gasteiger partial charge in [0.25, 0.3) is 10.0 Å². The Morgan fingerprint density at radius 3 is 2.81 bits per heavy atom. The van der Waals surface area contributed by atoms with Gasteiger partial charge in [0, 0.05) is 17.1 Å². The first-order chi connectivity index (χ1) is 10.0. The molecule has 0 radical (unpaired) electrons. The number of rotatable bonds is 4. The molecule has 0 fully saturated rings. The summed E-state index contributed by atoms with van der Waals surface area (Å²) in [5.74, 6) is 0. The minimum atomic E-state index is -3.58. The third kappa shape index (κ3) is 2.71. The van der Waals surface area contributed by atoms with E-state index in [0.717, 1.165) is 24.8 Å². The quantitative estimate of drug-likeness (QED) is 0.909. The van der Waals surface area contributed by atoms with Gasteiger partial charge in [0.05, 0.1) is 0 Å². The number of fused-ring (bicyclic) bond motifs is 1. The number of benzene rings is 1. The minimum Gasteiger partial charge on any atom is -0.326 e. The second kappa shape index (κ2) is 5.44. The molecule has 3 N–H and O–H groups in total. The summed E-state index contributed by atoms with van der Waals surface area (Å²) in [6, 6.07) is 5.81. The van der Waals surface area contributed by atoms with Crippen molar-refractivity contribution in [1.29, 1.82) is 0 Å². The first-order valence-electron chi connectivity index (χ1n) is 6.93. The zero-order valence-electron chi connectivity index (χ0n) is 11.8. The molecular formula is C15H18N2O2S2. The van der Waals surface area contributed by atoms with Crippen molar-refractivity contribution in [2.45, 2.75) is 37.6 Å². The van der Waals surface area contributed by atoms with Gasteiger partial charge in [-0.2, -0.15) is 0 Å². The van der Waals surface area contributed by atoms with Gasteiger partial charge in [-0.3, -0.25) is 4.72 Å². The van der Waals surface area contributed by atoms with Gasteiger partial charge >= 0.3 is 0 Å². The van der Waals surface area contributed by atoms with E-state index < -0.39 is 10.0 Å². The molecule has 2 aromatic rings. The predicted molar refractivity (Wildman–Crippen MR) is 86.2 cm³/mol. The fourth-order valence-electron chi connectivity index (χ4n) is 2.83. The maximum atomic E-state index is 12.6. The number of hydrogen-bond acceptors (Lipinski definition) is 4. The molecule has 0 unspecified atom stereocenters. The Kier molecular flexibility index (Phi) is 3.77. The highest BCUT2D eigenvalue weighted by Crippen LogP contribution is 2.30. The monoisotopic (exact) mass is 322 g/mol. The van der Waals surface area contributed by atoms with Crippen molar-refractivity contribution >= 4 is 27.0 Å². The Bertz CT molecular complexity index is 779. The number of nitrogens with two attached hydrogens (primary N) is 1. The zero-order chi connectivity index (χ0) is 15.0. The molecule has 1 aromatic heterocycles. The van der Waals surface area contributed by atoms with Crippen molar-refractivity contribution < 1.29 is 8.42 Å². The molecule has 0 saturated heterocycles. The van der Waals surface area contributed by atoms with E-state index in [1.54, 1.807) is 6.92 Å². The zero-order valence-corrected chi connectivity index (χ0v) is 13.5. The summed E-state index contributed by atoms with van der Waals surface area (Å²) in [6.45, 7) is 2.03. The number of sulfonamides is 1. The molecule has 112 valence electrons. The normalized spacial score (nSPS) is 14.2. The van der Waals surface area contributed by atoms with Crippen molar-refractivity contribution in [3.63, 3.8) is 0 Å². The SMILES string of the molecule is Cc1csc(CN)c1S(=O)(=O)Nc1ccc2c(c1)CCC2. The minimum absolute atomic E-state index is 0.235. The molecule has 0 aliphatic heterocycles. The van der Waals surface area contributed by atoms with Gasteiger partial charge < -0.3 is 5.73 Å². The highest BCUT2D eigenvalue weighted by molar-refractivity contribution is 7.93. The van der Waals surface area contributed by atoms with E-state index in [2.05, 4.69) is 4.72 Å². The lowest BCUT2D eigenvalue weighted by Gasteiger charge is -2.11. The summed E-state index contributed by atoms with van der Waals surface area (Å²) in [6.07, 6.45) is 3.26. The van der Waals surface area contributed by atoms with Gasteiger partial charge in [-0.15, -0.1) is 11.3 Å². The molecule has 0 bridgehead atoms. The van der Waals surface area contributed by atoms with Gasteiger partial charge in [-0.1, -0.05) is 6.07 Å². The Hall–Kier alpha value is -1.37. The molecule has 0 spiro atoms. The summed E-state index contributed by atoms with van der Waals surface area (Å²) in [5, 5.41) is 1.83. The molecular weight excluding hydrogens is 304 g/mol. The van der Waals surface area contributed by atoms with Crippen LogP contribution in [0.1, 0.15) is 28.0 Å². The molecule has 1 aromatic carbocycles. The van der Waals surface area contributed by atoms with Crippen molar-refractivity contribution in [3.8, 4) is 0 Å². The van der Waals surface area contributed by atoms with Crippen LogP contribution in [0.4, 0.5) is 5.69 Å². The van der Waals surface area contributed by atoms with Crippen LogP contribution >= 0.6 is 11.3 Å². The molecule has 1 heterocycles. The van der Waals surface area contributed by atoms with Crippen molar-refractivity contribution in [2.75, 3.05) is 4.72 Å². The van der Waals surface area contributed by atoms with Crippen LogP contribution in [-0.4, -0.2) is 8.42 Å². The molecule has 0 saturated carbocycles. The molecule has 1 aliphatic rings. The van der Waals surface area contributed by atoms with Crippen LogP contribution in [-0.2, 0) is 29.4 Å². The average molecular weight is 322 g/mol. The maximum absolute atomic E-state index is 12.6. The summed E-state index contributed by atoms with van der Waals surface area (Å²) < 4.78 is 27.9. The average Bonchev–Trinajstić information content (AvgIpc) is 3.03. The lowest BCUT2D eigenvalue weighted by molar-refractivity contribution is 0.600. The van der Waals surface area contributed by atoms with E-state index in [0.29, 0.717) is 15.5 Å². The molecule has 0 atom stereocenters. The van der Waals surface area contributed by atoms with Crippen molar-refractivity contribution in [3.05, 3.63) is 45.1 Å². The molecule has 6 heteroatoms. The fourth-order valence-corrected chi connectivity index (χ4v) is 5.58. The smallest absolute Gasteiger partial charge is 0.263 e. The molecule has 3 rings (SSSR count). The number of anilines is 1. The van der Waals surface area contributed by atoms with Crippen LogP contribution < -0.4 is 10.5 Å². The summed E-state index contributed by atoms with van der Waals surface area (Å²) in [5.41, 5.74) is 9.59. The Morgan fingerprint density at radius 1 is 1.29 bits per heavy atom. The third-order valence-electron chi connectivity index (χ3n) is 3.79. The van der Waals surface area contributed by atoms with E-state index in [-0.39, 0.29) is 6.54 Å². The van der Waals surface area contributed by atoms with Crippen LogP contribution in [0.5, 0.6) is 0 Å². The van der Waals surface area contributed by atoms with Crippen molar-refractivity contribution in [2.24, 2.45) is 5.73 Å². The standard InChI is InChI=1S/C15H18N2O2S2/c1-10-9-20-14(8-16)15(10)21(18,19)17-13-6-5-11-3-2-4-12(11)7-13/h5-7,9,17H,2-4,8,16H2,1H3. The van der Waals surface area contributed by atoms with E-state index in [1.165, 1.54) is 22.5 Å². The fraction of sp³-hybridized carbons (Fsp3) is 0.333. The van der Waals surface area contributed by atoms with E-state index >= 15 is 0 Å². The third-order valence-corrected chi connectivity index (χ3v) is 6.66. The van der Waals surface area contributed by atoms with Gasteiger partial charge in [0.2, 0.25) is 0 Å². The van der Waals surface area contributed by atoms with E-state index in [9.17, 15) is 8.42 Å². The number of nitrogens with one attached hydrogen (secondary N) is 1. The molecule has 0 amide bonds. The number of hydrogen-bond donors (Lipinski definition) is 2. The summed E-state index contributed by atoms with van der Waals surface area (Å²) in [4.78, 5) is 1.02. The van der Waals surface area contributed by atoms with Crippen LogP contribution in [0.25, 0.3) is 0 Å². The number of thiophene rings is 1. The maximum Gasteiger partial charge on any atom is 0.263 e. The van der Waals surface area contributed by atoms with Crippen LogP contribution in [0.15, 0.2) is 28.5 Å². The highest BCUT2D eigenvalue weighted by atomic mass is 32.2. The lowest BCUT2D eigenvalue weighted by atomic mass is 10.1. The number of aryl methyl sites for hydroxylation is 3. The second-order valence-electron chi connectivity index (χ2n) is 5.32. The summed E-state index contributed by atoms with van der Waals surface area (Å²) >= 11 is 1.39. The highest BCUT2D eigenvalue weighted by Gasteiger charge is 2.23. The van der Waals surface area contributed by atoms with E-state index in [1.807, 2.05) is 23.6 Å². The predicted octanol–water partition coefficient (Wildman–Crippen LogP) is 2.80. The Morgan fingerprint density at radius 2 is 2.05 bits per heavy atom. The van der Waals surface area contributed by atoms with Crippen LogP contribution in [0.3, 0.4) is 0 Å². The van der Waals surface area contributed by atoms with E-state index in [4.69, 9.17) is 5.73 Å².